The van der Waals surface area contributed by atoms with Crippen LogP contribution in [0.5, 0.6) is 0 Å². The lowest BCUT2D eigenvalue weighted by Gasteiger charge is -2.22. The zero-order valence-electron chi connectivity index (χ0n) is 17.7. The van der Waals surface area contributed by atoms with E-state index < -0.39 is 0 Å². The van der Waals surface area contributed by atoms with Crippen molar-refractivity contribution in [1.29, 1.82) is 0 Å². The Kier molecular flexibility index (Phi) is 6.59. The van der Waals surface area contributed by atoms with Gasteiger partial charge in [-0.15, -0.1) is 0 Å². The topological polar surface area (TPSA) is 29.1 Å². The molecule has 0 spiro atoms. The number of benzene rings is 4. The molecule has 1 amide bonds. The highest BCUT2D eigenvalue weighted by atomic mass is 16.1. The van der Waals surface area contributed by atoms with Crippen LogP contribution in [0.2, 0.25) is 0 Å². The summed E-state index contributed by atoms with van der Waals surface area (Å²) in [6, 6.07) is 34.9. The van der Waals surface area contributed by atoms with Crippen LogP contribution < -0.4 is 5.32 Å². The van der Waals surface area contributed by atoms with Crippen molar-refractivity contribution in [3.05, 3.63) is 126 Å². The first kappa shape index (κ1) is 20.6. The van der Waals surface area contributed by atoms with Crippen LogP contribution in [0.4, 0.5) is 0 Å². The van der Waals surface area contributed by atoms with Crippen molar-refractivity contribution in [2.24, 2.45) is 5.92 Å². The minimum Gasteiger partial charge on any atom is -0.351 e. The Morgan fingerprint density at radius 2 is 1.45 bits per heavy atom. The largest absolute Gasteiger partial charge is 0.351 e. The number of fused-ring (bicyclic) bond motifs is 1. The Hall–Kier alpha value is -3.65. The summed E-state index contributed by atoms with van der Waals surface area (Å²) in [5, 5.41) is 5.49. The number of hydrogen-bond donors (Lipinski definition) is 1. The Morgan fingerprint density at radius 1 is 0.806 bits per heavy atom. The summed E-state index contributed by atoms with van der Waals surface area (Å²) in [7, 11) is 0. The summed E-state index contributed by atoms with van der Waals surface area (Å²) in [4.78, 5) is 13.4. The van der Waals surface area contributed by atoms with Gasteiger partial charge in [0.1, 0.15) is 0 Å². The average Bonchev–Trinajstić information content (AvgIpc) is 2.83. The Bertz CT molecular complexity index is 1160. The highest BCUT2D eigenvalue weighted by Gasteiger charge is 2.25. The fourth-order valence-corrected chi connectivity index (χ4v) is 3.93. The molecule has 4 aromatic carbocycles. The molecule has 4 rings (SSSR count). The van der Waals surface area contributed by atoms with E-state index in [0.717, 1.165) is 22.1 Å². The first-order valence-electron chi connectivity index (χ1n) is 10.7. The van der Waals surface area contributed by atoms with Crippen LogP contribution in [-0.4, -0.2) is 5.91 Å². The van der Waals surface area contributed by atoms with Crippen LogP contribution in [0.15, 0.2) is 109 Å². The second-order valence-corrected chi connectivity index (χ2v) is 7.92. The van der Waals surface area contributed by atoms with Crippen LogP contribution in [0, 0.1) is 5.92 Å². The van der Waals surface area contributed by atoms with E-state index in [-0.39, 0.29) is 17.7 Å². The number of nitrogens with one attached hydrogen (secondary N) is 1. The van der Waals surface area contributed by atoms with Crippen molar-refractivity contribution in [3.63, 3.8) is 0 Å². The first-order chi connectivity index (χ1) is 15.2. The zero-order valence-corrected chi connectivity index (χ0v) is 17.7. The SMILES string of the molecule is C[C@@H](/C=C/c1ccccc1)[C@H](C(=O)NCc1ccccc1)c1ccc2ccccc2c1. The van der Waals surface area contributed by atoms with Crippen molar-refractivity contribution in [2.75, 3.05) is 0 Å². The van der Waals surface area contributed by atoms with Gasteiger partial charge >= 0.3 is 0 Å². The van der Waals surface area contributed by atoms with Crippen LogP contribution in [0.1, 0.15) is 29.5 Å². The van der Waals surface area contributed by atoms with Gasteiger partial charge in [0.15, 0.2) is 0 Å². The number of rotatable bonds is 7. The summed E-state index contributed by atoms with van der Waals surface area (Å²) >= 11 is 0. The maximum atomic E-state index is 13.4. The standard InChI is InChI=1S/C29H27NO/c1-22(16-17-23-10-4-2-5-11-23)28(29(31)30-21-24-12-6-3-7-13-24)27-19-18-25-14-8-9-15-26(25)20-27/h2-20,22,28H,21H2,1H3,(H,30,31)/b17-16+/t22-,28-/m0/s1. The second kappa shape index (κ2) is 9.90. The van der Waals surface area contributed by atoms with Gasteiger partial charge in [-0.1, -0.05) is 122 Å². The third-order valence-electron chi connectivity index (χ3n) is 5.64. The lowest BCUT2D eigenvalue weighted by molar-refractivity contribution is -0.123. The summed E-state index contributed by atoms with van der Waals surface area (Å²) < 4.78 is 0. The molecule has 2 nitrogen and oxygen atoms in total. The number of amides is 1. The third-order valence-corrected chi connectivity index (χ3v) is 5.64. The molecule has 0 fully saturated rings. The summed E-state index contributed by atoms with van der Waals surface area (Å²) in [6.45, 7) is 2.64. The van der Waals surface area contributed by atoms with Crippen LogP contribution >= 0.6 is 0 Å². The zero-order chi connectivity index (χ0) is 21.5. The maximum Gasteiger partial charge on any atom is 0.228 e. The molecule has 0 saturated carbocycles. The molecule has 0 aliphatic rings. The Balaban J connectivity index is 1.61. The normalized spacial score (nSPS) is 13.2. The molecule has 0 aliphatic carbocycles. The number of carbonyl (C=O) groups excluding carboxylic acids is 1. The van der Waals surface area contributed by atoms with Gasteiger partial charge < -0.3 is 5.32 Å². The quantitative estimate of drug-likeness (QED) is 0.369. The Labute approximate surface area is 184 Å². The maximum absolute atomic E-state index is 13.4. The van der Waals surface area contributed by atoms with Crippen molar-refractivity contribution >= 4 is 22.8 Å². The van der Waals surface area contributed by atoms with E-state index in [1.807, 2.05) is 60.7 Å². The van der Waals surface area contributed by atoms with Gasteiger partial charge in [-0.05, 0) is 33.4 Å². The van der Waals surface area contributed by atoms with E-state index in [1.54, 1.807) is 0 Å². The van der Waals surface area contributed by atoms with Gasteiger partial charge in [-0.25, -0.2) is 0 Å². The highest BCUT2D eigenvalue weighted by Crippen LogP contribution is 2.29. The molecule has 0 heterocycles. The minimum absolute atomic E-state index is 0.0390. The number of hydrogen-bond acceptors (Lipinski definition) is 1. The number of carbonyl (C=O) groups is 1. The van der Waals surface area contributed by atoms with Crippen molar-refractivity contribution in [2.45, 2.75) is 19.4 Å². The second-order valence-electron chi connectivity index (χ2n) is 7.92. The van der Waals surface area contributed by atoms with Gasteiger partial charge in [-0.2, -0.15) is 0 Å². The van der Waals surface area contributed by atoms with Gasteiger partial charge in [0.25, 0.3) is 0 Å². The molecule has 0 saturated heterocycles. The molecular weight excluding hydrogens is 378 g/mol. The number of allylic oxidation sites excluding steroid dienone is 1. The molecule has 0 unspecified atom stereocenters. The third kappa shape index (κ3) is 5.29. The summed E-state index contributed by atoms with van der Waals surface area (Å²) in [5.41, 5.74) is 3.27. The Morgan fingerprint density at radius 3 is 2.19 bits per heavy atom. The lowest BCUT2D eigenvalue weighted by atomic mass is 9.84. The van der Waals surface area contributed by atoms with E-state index in [9.17, 15) is 4.79 Å². The van der Waals surface area contributed by atoms with E-state index in [2.05, 4.69) is 66.9 Å². The predicted octanol–water partition coefficient (Wildman–Crippen LogP) is 6.59. The molecule has 1 N–H and O–H groups in total. The lowest BCUT2D eigenvalue weighted by Crippen LogP contribution is -2.32. The average molecular weight is 406 g/mol. The minimum atomic E-state index is -0.270. The molecule has 0 radical (unpaired) electrons. The molecule has 0 bridgehead atoms. The molecule has 4 aromatic rings. The van der Waals surface area contributed by atoms with Gasteiger partial charge in [0, 0.05) is 6.54 Å². The first-order valence-corrected chi connectivity index (χ1v) is 10.7. The van der Waals surface area contributed by atoms with Gasteiger partial charge in [-0.3, -0.25) is 4.79 Å². The molecular formula is C29H27NO. The van der Waals surface area contributed by atoms with E-state index in [0.29, 0.717) is 6.54 Å². The van der Waals surface area contributed by atoms with Crippen LogP contribution in [0.3, 0.4) is 0 Å². The van der Waals surface area contributed by atoms with Gasteiger partial charge in [0.2, 0.25) is 5.91 Å². The van der Waals surface area contributed by atoms with E-state index >= 15 is 0 Å². The molecule has 154 valence electrons. The van der Waals surface area contributed by atoms with Crippen molar-refractivity contribution in [3.8, 4) is 0 Å². The summed E-state index contributed by atoms with van der Waals surface area (Å²) in [5.74, 6) is -0.185. The monoisotopic (exact) mass is 405 g/mol. The molecule has 31 heavy (non-hydrogen) atoms. The molecule has 2 heteroatoms. The molecule has 0 aromatic heterocycles. The van der Waals surface area contributed by atoms with Crippen molar-refractivity contribution < 1.29 is 4.79 Å². The van der Waals surface area contributed by atoms with Crippen LogP contribution in [-0.2, 0) is 11.3 Å². The van der Waals surface area contributed by atoms with Crippen molar-refractivity contribution in [1.82, 2.24) is 5.32 Å². The predicted molar refractivity (Wildman–Crippen MR) is 130 cm³/mol. The fraction of sp³-hybridized carbons (Fsp3) is 0.138. The smallest absolute Gasteiger partial charge is 0.228 e. The molecule has 0 aliphatic heterocycles. The summed E-state index contributed by atoms with van der Waals surface area (Å²) in [6.07, 6.45) is 4.24. The van der Waals surface area contributed by atoms with Gasteiger partial charge in [0.05, 0.1) is 5.92 Å². The fourth-order valence-electron chi connectivity index (χ4n) is 3.93. The van der Waals surface area contributed by atoms with E-state index in [1.165, 1.54) is 5.39 Å². The highest BCUT2D eigenvalue weighted by molar-refractivity contribution is 5.88. The van der Waals surface area contributed by atoms with E-state index in [4.69, 9.17) is 0 Å². The van der Waals surface area contributed by atoms with Crippen LogP contribution in [0.25, 0.3) is 16.8 Å². The molecule has 2 atom stereocenters.